The summed E-state index contributed by atoms with van der Waals surface area (Å²) in [5.74, 6) is 2.65. The minimum atomic E-state index is -0.750. The number of carbonyl (C=O) groups excluding carboxylic acids is 3. The molecule has 4 bridgehead atoms. The number of carbonyl (C=O) groups is 3. The van der Waals surface area contributed by atoms with E-state index >= 15 is 0 Å². The van der Waals surface area contributed by atoms with E-state index in [2.05, 4.69) is 29.6 Å². The van der Waals surface area contributed by atoms with E-state index in [1.807, 2.05) is 13.8 Å². The maximum atomic E-state index is 13.4. The fraction of sp³-hybridized carbons (Fsp3) is 0.769. The summed E-state index contributed by atoms with van der Waals surface area (Å²) in [6.45, 7) is 8.40. The molecule has 5 rings (SSSR count). The Kier molecular flexibility index (Phi) is 7.43. The van der Waals surface area contributed by atoms with Crippen LogP contribution in [0.25, 0.3) is 0 Å². The normalized spacial score (nSPS) is 27.2. The Balaban J connectivity index is 1.45. The summed E-state index contributed by atoms with van der Waals surface area (Å²) in [5, 5.41) is 10.4. The lowest BCUT2D eigenvalue weighted by Gasteiger charge is -2.54. The van der Waals surface area contributed by atoms with Gasteiger partial charge >= 0.3 is 0 Å². The molecule has 4 fully saturated rings. The smallest absolute Gasteiger partial charge is 0.258 e. The molecule has 4 N–H and O–H groups in total. The highest BCUT2D eigenvalue weighted by Gasteiger charge is 2.48. The van der Waals surface area contributed by atoms with Crippen LogP contribution in [0.4, 0.5) is 0 Å². The number of aromatic nitrogens is 2. The lowest BCUT2D eigenvalue weighted by Crippen LogP contribution is -2.55. The second kappa shape index (κ2) is 10.2. The highest BCUT2D eigenvalue weighted by atomic mass is 16.5. The molecule has 9 heteroatoms. The van der Waals surface area contributed by atoms with Gasteiger partial charge in [-0.05, 0) is 68.1 Å². The molecule has 9 nitrogen and oxygen atoms in total. The van der Waals surface area contributed by atoms with E-state index < -0.39 is 11.3 Å². The van der Waals surface area contributed by atoms with Crippen LogP contribution in [0.3, 0.4) is 0 Å². The van der Waals surface area contributed by atoms with E-state index in [0.717, 1.165) is 11.8 Å². The van der Waals surface area contributed by atoms with Crippen molar-refractivity contribution in [3.05, 3.63) is 11.8 Å². The van der Waals surface area contributed by atoms with Gasteiger partial charge in [-0.2, -0.15) is 5.10 Å². The first-order valence-electron chi connectivity index (χ1n) is 13.1. The van der Waals surface area contributed by atoms with Crippen molar-refractivity contribution < 1.29 is 19.1 Å². The monoisotopic (exact) mass is 487 g/mol. The number of rotatable bonds is 11. The van der Waals surface area contributed by atoms with Crippen LogP contribution in [0.15, 0.2) is 6.20 Å². The summed E-state index contributed by atoms with van der Waals surface area (Å²) >= 11 is 0. The van der Waals surface area contributed by atoms with Crippen LogP contribution in [-0.4, -0.2) is 46.7 Å². The fourth-order valence-electron chi connectivity index (χ4n) is 6.38. The number of ether oxygens (including phenoxy) is 1. The topological polar surface area (TPSA) is 128 Å². The van der Waals surface area contributed by atoms with Gasteiger partial charge in [-0.1, -0.05) is 27.7 Å². The van der Waals surface area contributed by atoms with Gasteiger partial charge in [0, 0.05) is 18.0 Å². The molecule has 0 saturated heterocycles. The van der Waals surface area contributed by atoms with Gasteiger partial charge in [0.25, 0.3) is 5.91 Å². The summed E-state index contributed by atoms with van der Waals surface area (Å²) in [7, 11) is 0. The third-order valence-electron chi connectivity index (χ3n) is 8.10. The Morgan fingerprint density at radius 3 is 2.34 bits per heavy atom. The Labute approximate surface area is 207 Å². The van der Waals surface area contributed by atoms with Gasteiger partial charge in [-0.3, -0.25) is 14.4 Å². The molecule has 4 aliphatic rings. The zero-order valence-corrected chi connectivity index (χ0v) is 21.5. The number of aryl methyl sites for hydroxylation is 1. The van der Waals surface area contributed by atoms with Crippen molar-refractivity contribution in [1.82, 2.24) is 20.4 Å². The zero-order valence-electron chi connectivity index (χ0n) is 21.5. The van der Waals surface area contributed by atoms with E-state index in [-0.39, 0.29) is 30.3 Å². The van der Waals surface area contributed by atoms with Gasteiger partial charge in [0.2, 0.25) is 17.7 Å². The Morgan fingerprint density at radius 1 is 1.14 bits per heavy atom. The maximum Gasteiger partial charge on any atom is 0.258 e. The number of hydrogen-bond donors (Lipinski definition) is 3. The average molecular weight is 488 g/mol. The van der Waals surface area contributed by atoms with Crippen molar-refractivity contribution >= 4 is 17.7 Å². The summed E-state index contributed by atoms with van der Waals surface area (Å²) in [5.41, 5.74) is 4.84. The predicted octanol–water partition coefficient (Wildman–Crippen LogP) is 2.49. The number of primary amides is 1. The van der Waals surface area contributed by atoms with Gasteiger partial charge in [-0.25, -0.2) is 4.68 Å². The molecule has 1 aromatic rings. The van der Waals surface area contributed by atoms with Crippen molar-refractivity contribution in [3.63, 3.8) is 0 Å². The second-order valence-electron chi connectivity index (χ2n) is 12.0. The molecule has 0 radical (unpaired) electrons. The average Bonchev–Trinajstić information content (AvgIpc) is 3.19. The van der Waals surface area contributed by atoms with Crippen LogP contribution in [0.1, 0.15) is 76.6 Å². The predicted molar refractivity (Wildman–Crippen MR) is 131 cm³/mol. The first kappa shape index (κ1) is 25.5. The minimum Gasteiger partial charge on any atom is -0.477 e. The summed E-state index contributed by atoms with van der Waals surface area (Å²) < 4.78 is 7.76. The molecule has 1 aromatic heterocycles. The first-order chi connectivity index (χ1) is 16.5. The van der Waals surface area contributed by atoms with Crippen molar-refractivity contribution in [2.75, 3.05) is 13.2 Å². The number of nitrogens with one attached hydrogen (secondary N) is 2. The molecule has 3 amide bonds. The van der Waals surface area contributed by atoms with Gasteiger partial charge in [0.1, 0.15) is 5.56 Å². The van der Waals surface area contributed by atoms with Crippen molar-refractivity contribution in [2.45, 2.75) is 78.8 Å². The Hall–Kier alpha value is -2.58. The molecule has 0 aromatic carbocycles. The van der Waals surface area contributed by atoms with Crippen molar-refractivity contribution in [2.24, 2.45) is 40.7 Å². The fourth-order valence-corrected chi connectivity index (χ4v) is 6.38. The van der Waals surface area contributed by atoms with Crippen molar-refractivity contribution in [1.29, 1.82) is 0 Å². The Morgan fingerprint density at radius 2 is 1.77 bits per heavy atom. The molecular weight excluding hydrogens is 446 g/mol. The molecule has 1 heterocycles. The molecule has 0 spiro atoms. The van der Waals surface area contributed by atoms with E-state index in [4.69, 9.17) is 10.5 Å². The van der Waals surface area contributed by atoms with Crippen LogP contribution in [0.5, 0.6) is 5.88 Å². The standard InChI is InChI=1S/C26H41N5O4/c1-15(2)14-35-24-20(12-29-31(24)6-5-26(3,4)25(34)28-13-21(27)32)23(33)30-22-18-8-16-7-17(10-18)11-19(22)9-16/h12,15-19,22H,5-11,13-14H2,1-4H3,(H2,27,32)(H,28,34)(H,30,33). The Bertz CT molecular complexity index is 926. The van der Waals surface area contributed by atoms with Gasteiger partial charge in [0.05, 0.1) is 19.3 Å². The van der Waals surface area contributed by atoms with Crippen LogP contribution < -0.4 is 21.1 Å². The first-order valence-corrected chi connectivity index (χ1v) is 13.1. The summed E-state index contributed by atoms with van der Waals surface area (Å²) in [6, 6.07) is 0.240. The molecule has 0 aliphatic heterocycles. The SMILES string of the molecule is CC(C)COc1c(C(=O)NC2C3CC4CC(C3)CC2C4)cnn1CCC(C)(C)C(=O)NCC(N)=O. The molecule has 194 valence electrons. The van der Waals surface area contributed by atoms with Crippen LogP contribution in [0.2, 0.25) is 0 Å². The largest absolute Gasteiger partial charge is 0.477 e. The van der Waals surface area contributed by atoms with Crippen molar-refractivity contribution in [3.8, 4) is 5.88 Å². The summed E-state index contributed by atoms with van der Waals surface area (Å²) in [4.78, 5) is 36.9. The van der Waals surface area contributed by atoms with Gasteiger partial charge in [-0.15, -0.1) is 0 Å². The second-order valence-corrected chi connectivity index (χ2v) is 12.0. The quantitative estimate of drug-likeness (QED) is 0.442. The number of amides is 3. The zero-order chi connectivity index (χ0) is 25.3. The third kappa shape index (κ3) is 5.81. The lowest BCUT2D eigenvalue weighted by atomic mass is 9.54. The van der Waals surface area contributed by atoms with E-state index in [1.54, 1.807) is 10.9 Å². The van der Waals surface area contributed by atoms with Gasteiger partial charge in [0.15, 0.2) is 0 Å². The molecule has 0 atom stereocenters. The lowest BCUT2D eigenvalue weighted by molar-refractivity contribution is -0.131. The van der Waals surface area contributed by atoms with Crippen LogP contribution in [0, 0.1) is 35.0 Å². The number of hydrogen-bond acceptors (Lipinski definition) is 5. The van der Waals surface area contributed by atoms with Crippen LogP contribution >= 0.6 is 0 Å². The van der Waals surface area contributed by atoms with E-state index in [9.17, 15) is 14.4 Å². The number of nitrogens with zero attached hydrogens (tertiary/aromatic N) is 2. The maximum absolute atomic E-state index is 13.4. The highest BCUT2D eigenvalue weighted by molar-refractivity contribution is 5.96. The van der Waals surface area contributed by atoms with E-state index in [0.29, 0.717) is 42.9 Å². The minimum absolute atomic E-state index is 0.119. The number of nitrogens with two attached hydrogens (primary N) is 1. The molecule has 4 aliphatic carbocycles. The highest BCUT2D eigenvalue weighted by Crippen LogP contribution is 2.53. The van der Waals surface area contributed by atoms with Crippen LogP contribution in [-0.2, 0) is 16.1 Å². The third-order valence-corrected chi connectivity index (χ3v) is 8.10. The molecule has 4 saturated carbocycles. The van der Waals surface area contributed by atoms with Gasteiger partial charge < -0.3 is 21.1 Å². The summed E-state index contributed by atoms with van der Waals surface area (Å²) in [6.07, 6.45) is 8.36. The molecular formula is C26H41N5O4. The van der Waals surface area contributed by atoms with E-state index in [1.165, 1.54) is 32.1 Å². The molecule has 35 heavy (non-hydrogen) atoms. The molecule has 0 unspecified atom stereocenters.